The second-order valence-corrected chi connectivity index (χ2v) is 6.46. The van der Waals surface area contributed by atoms with Crippen molar-refractivity contribution in [3.05, 3.63) is 29.8 Å². The first-order valence-electron chi connectivity index (χ1n) is 8.24. The summed E-state index contributed by atoms with van der Waals surface area (Å²) in [5.41, 5.74) is 1.13. The first-order valence-corrected chi connectivity index (χ1v) is 8.24. The number of hydrogen-bond acceptors (Lipinski definition) is 3. The predicted octanol–water partition coefficient (Wildman–Crippen LogP) is 2.90. The summed E-state index contributed by atoms with van der Waals surface area (Å²) >= 11 is 0. The lowest BCUT2D eigenvalue weighted by molar-refractivity contribution is -0.122. The van der Waals surface area contributed by atoms with E-state index < -0.39 is 0 Å². The van der Waals surface area contributed by atoms with Gasteiger partial charge in [-0.3, -0.25) is 4.79 Å². The van der Waals surface area contributed by atoms with E-state index in [4.69, 9.17) is 4.74 Å². The van der Waals surface area contributed by atoms with Gasteiger partial charge in [0.15, 0.2) is 0 Å². The van der Waals surface area contributed by atoms with E-state index in [-0.39, 0.29) is 11.9 Å². The molecular formula is C18H28N2O2. The van der Waals surface area contributed by atoms with Crippen LogP contribution in [-0.4, -0.2) is 26.1 Å². The molecule has 0 radical (unpaired) electrons. The SMILES string of the molecule is COc1ccc(C(NC(=O)CCC2CCNC2)C(C)C)cc1. The number of amides is 1. The lowest BCUT2D eigenvalue weighted by atomic mass is 9.95. The summed E-state index contributed by atoms with van der Waals surface area (Å²) in [5, 5.41) is 6.54. The molecule has 2 N–H and O–H groups in total. The molecule has 4 nitrogen and oxygen atoms in total. The maximum Gasteiger partial charge on any atom is 0.220 e. The molecule has 0 bridgehead atoms. The van der Waals surface area contributed by atoms with Gasteiger partial charge < -0.3 is 15.4 Å². The van der Waals surface area contributed by atoms with Gasteiger partial charge in [0, 0.05) is 6.42 Å². The van der Waals surface area contributed by atoms with Crippen LogP contribution >= 0.6 is 0 Å². The molecule has 122 valence electrons. The molecule has 2 rings (SSSR count). The van der Waals surface area contributed by atoms with Gasteiger partial charge in [-0.25, -0.2) is 0 Å². The Morgan fingerprint density at radius 2 is 2.09 bits per heavy atom. The third-order valence-electron chi connectivity index (χ3n) is 4.40. The molecule has 1 aliphatic heterocycles. The molecule has 4 heteroatoms. The Morgan fingerprint density at radius 3 is 2.64 bits per heavy atom. The van der Waals surface area contributed by atoms with Crippen molar-refractivity contribution in [3.8, 4) is 5.75 Å². The predicted molar refractivity (Wildman–Crippen MR) is 88.9 cm³/mol. The highest BCUT2D eigenvalue weighted by atomic mass is 16.5. The van der Waals surface area contributed by atoms with E-state index in [2.05, 4.69) is 24.5 Å². The van der Waals surface area contributed by atoms with Crippen LogP contribution < -0.4 is 15.4 Å². The molecule has 0 saturated carbocycles. The number of ether oxygens (including phenoxy) is 1. The minimum atomic E-state index is 0.0557. The maximum atomic E-state index is 12.3. The number of nitrogens with one attached hydrogen (secondary N) is 2. The fraction of sp³-hybridized carbons (Fsp3) is 0.611. The fourth-order valence-electron chi connectivity index (χ4n) is 2.99. The summed E-state index contributed by atoms with van der Waals surface area (Å²) in [7, 11) is 1.66. The molecule has 0 aromatic heterocycles. The highest BCUT2D eigenvalue weighted by Gasteiger charge is 2.20. The van der Waals surface area contributed by atoms with E-state index in [1.165, 1.54) is 6.42 Å². The Labute approximate surface area is 133 Å². The second-order valence-electron chi connectivity index (χ2n) is 6.46. The van der Waals surface area contributed by atoms with Crippen molar-refractivity contribution in [3.63, 3.8) is 0 Å². The van der Waals surface area contributed by atoms with E-state index in [1.54, 1.807) is 7.11 Å². The number of rotatable bonds is 7. The Bertz CT molecular complexity index is 464. The van der Waals surface area contributed by atoms with Crippen molar-refractivity contribution < 1.29 is 9.53 Å². The van der Waals surface area contributed by atoms with Crippen LogP contribution in [0, 0.1) is 11.8 Å². The third kappa shape index (κ3) is 4.73. The Balaban J connectivity index is 1.90. The number of hydrogen-bond donors (Lipinski definition) is 2. The quantitative estimate of drug-likeness (QED) is 0.814. The number of carbonyl (C=O) groups is 1. The average molecular weight is 304 g/mol. The molecule has 1 heterocycles. The largest absolute Gasteiger partial charge is 0.497 e. The van der Waals surface area contributed by atoms with Gasteiger partial charge in [-0.2, -0.15) is 0 Å². The van der Waals surface area contributed by atoms with Crippen molar-refractivity contribution >= 4 is 5.91 Å². The van der Waals surface area contributed by atoms with Gasteiger partial charge in [0.2, 0.25) is 5.91 Å². The third-order valence-corrected chi connectivity index (χ3v) is 4.40. The van der Waals surface area contributed by atoms with Crippen molar-refractivity contribution in [2.75, 3.05) is 20.2 Å². The Hall–Kier alpha value is -1.55. The summed E-state index contributed by atoms with van der Waals surface area (Å²) < 4.78 is 5.19. The highest BCUT2D eigenvalue weighted by molar-refractivity contribution is 5.76. The first kappa shape index (κ1) is 16.8. The van der Waals surface area contributed by atoms with Crippen molar-refractivity contribution in [1.82, 2.24) is 10.6 Å². The molecule has 1 aromatic rings. The number of benzene rings is 1. The average Bonchev–Trinajstić information content (AvgIpc) is 3.04. The van der Waals surface area contributed by atoms with Gasteiger partial charge in [0.05, 0.1) is 13.2 Å². The molecular weight excluding hydrogens is 276 g/mol. The van der Waals surface area contributed by atoms with Crippen molar-refractivity contribution in [2.45, 2.75) is 39.2 Å². The topological polar surface area (TPSA) is 50.4 Å². The molecule has 0 spiro atoms. The minimum absolute atomic E-state index is 0.0557. The van der Waals surface area contributed by atoms with Gasteiger partial charge in [-0.05, 0) is 55.5 Å². The summed E-state index contributed by atoms with van der Waals surface area (Å²) in [5.74, 6) is 2.00. The van der Waals surface area contributed by atoms with E-state index in [9.17, 15) is 4.79 Å². The van der Waals surface area contributed by atoms with Crippen LogP contribution in [0.1, 0.15) is 44.7 Å². The monoisotopic (exact) mass is 304 g/mol. The van der Waals surface area contributed by atoms with Gasteiger partial charge >= 0.3 is 0 Å². The van der Waals surface area contributed by atoms with Crippen LogP contribution in [-0.2, 0) is 4.79 Å². The normalized spacial score (nSPS) is 19.2. The fourth-order valence-corrected chi connectivity index (χ4v) is 2.99. The van der Waals surface area contributed by atoms with E-state index in [0.29, 0.717) is 18.3 Å². The van der Waals surface area contributed by atoms with Crippen LogP contribution in [0.3, 0.4) is 0 Å². The van der Waals surface area contributed by atoms with Gasteiger partial charge in [0.25, 0.3) is 0 Å². The van der Waals surface area contributed by atoms with E-state index in [0.717, 1.165) is 30.8 Å². The summed E-state index contributed by atoms with van der Waals surface area (Å²) in [4.78, 5) is 12.3. The Kier molecular flexibility index (Phi) is 6.25. The Morgan fingerprint density at radius 1 is 1.36 bits per heavy atom. The van der Waals surface area contributed by atoms with E-state index >= 15 is 0 Å². The zero-order valence-electron chi connectivity index (χ0n) is 13.9. The standard InChI is InChI=1S/C18H28N2O2/c1-13(2)18(15-5-7-16(22-3)8-6-15)20-17(21)9-4-14-10-11-19-12-14/h5-8,13-14,18-19H,4,9-12H2,1-3H3,(H,20,21). The van der Waals surface area contributed by atoms with Gasteiger partial charge in [-0.15, -0.1) is 0 Å². The van der Waals surface area contributed by atoms with Crippen LogP contribution in [0.2, 0.25) is 0 Å². The molecule has 22 heavy (non-hydrogen) atoms. The molecule has 0 aliphatic carbocycles. The van der Waals surface area contributed by atoms with Crippen molar-refractivity contribution in [2.24, 2.45) is 11.8 Å². The molecule has 1 fully saturated rings. The van der Waals surface area contributed by atoms with Gasteiger partial charge in [-0.1, -0.05) is 26.0 Å². The van der Waals surface area contributed by atoms with Crippen LogP contribution in [0.5, 0.6) is 5.75 Å². The van der Waals surface area contributed by atoms with Gasteiger partial charge in [0.1, 0.15) is 5.75 Å². The number of methoxy groups -OCH3 is 1. The van der Waals surface area contributed by atoms with Crippen LogP contribution in [0.15, 0.2) is 24.3 Å². The summed E-state index contributed by atoms with van der Waals surface area (Å²) in [6.45, 7) is 6.41. The van der Waals surface area contributed by atoms with E-state index in [1.807, 2.05) is 24.3 Å². The molecule has 2 unspecified atom stereocenters. The molecule has 1 aliphatic rings. The molecule has 1 saturated heterocycles. The van der Waals surface area contributed by atoms with Crippen LogP contribution in [0.25, 0.3) is 0 Å². The second kappa shape index (κ2) is 8.18. The molecule has 1 amide bonds. The lowest BCUT2D eigenvalue weighted by Crippen LogP contribution is -2.32. The van der Waals surface area contributed by atoms with Crippen molar-refractivity contribution in [1.29, 1.82) is 0 Å². The summed E-state index contributed by atoms with van der Waals surface area (Å²) in [6.07, 6.45) is 2.79. The summed E-state index contributed by atoms with van der Waals surface area (Å²) in [6, 6.07) is 8.01. The minimum Gasteiger partial charge on any atom is -0.497 e. The smallest absolute Gasteiger partial charge is 0.220 e. The number of carbonyl (C=O) groups excluding carboxylic acids is 1. The first-order chi connectivity index (χ1) is 10.6. The molecule has 2 atom stereocenters. The molecule has 1 aromatic carbocycles. The zero-order chi connectivity index (χ0) is 15.9. The lowest BCUT2D eigenvalue weighted by Gasteiger charge is -2.23. The zero-order valence-corrected chi connectivity index (χ0v) is 13.9. The highest BCUT2D eigenvalue weighted by Crippen LogP contribution is 2.24. The van der Waals surface area contributed by atoms with Crippen LogP contribution in [0.4, 0.5) is 0 Å². The maximum absolute atomic E-state index is 12.3.